The maximum Gasteiger partial charge on any atom is 0.282 e. The lowest BCUT2D eigenvalue weighted by molar-refractivity contribution is -0.918. The molecule has 0 aliphatic carbocycles. The van der Waals surface area contributed by atoms with Crippen molar-refractivity contribution in [3.8, 4) is 5.13 Å². The van der Waals surface area contributed by atoms with E-state index in [4.69, 9.17) is 4.99 Å². The van der Waals surface area contributed by atoms with Gasteiger partial charge in [0.15, 0.2) is 0 Å². The Morgan fingerprint density at radius 2 is 1.90 bits per heavy atom. The molecule has 31 heavy (non-hydrogen) atoms. The van der Waals surface area contributed by atoms with E-state index in [0.29, 0.717) is 10.7 Å². The first-order valence-corrected chi connectivity index (χ1v) is 11.6. The summed E-state index contributed by atoms with van der Waals surface area (Å²) in [5.74, 6) is 0. The molecular formula is C24H26N5OS+. The van der Waals surface area contributed by atoms with Crippen LogP contribution in [0.3, 0.4) is 0 Å². The highest BCUT2D eigenvalue weighted by Crippen LogP contribution is 2.23. The van der Waals surface area contributed by atoms with Gasteiger partial charge in [-0.3, -0.25) is 14.9 Å². The van der Waals surface area contributed by atoms with E-state index in [1.165, 1.54) is 21.6 Å². The van der Waals surface area contributed by atoms with Crippen LogP contribution in [-0.4, -0.2) is 40.1 Å². The van der Waals surface area contributed by atoms with Crippen molar-refractivity contribution in [2.24, 2.45) is 4.99 Å². The molecule has 7 heteroatoms. The number of H-pyrrole nitrogens is 1. The summed E-state index contributed by atoms with van der Waals surface area (Å²) >= 11 is 1.51. The number of nitrogens with zero attached hydrogens (tertiary/aromatic N) is 3. The molecule has 5 rings (SSSR count). The lowest BCUT2D eigenvalue weighted by atomic mass is 10.0. The summed E-state index contributed by atoms with van der Waals surface area (Å²) in [5, 5.41) is 3.83. The van der Waals surface area contributed by atoms with Gasteiger partial charge in [0.25, 0.3) is 5.56 Å². The molecule has 0 spiro atoms. The van der Waals surface area contributed by atoms with E-state index in [1.54, 1.807) is 11.1 Å². The van der Waals surface area contributed by atoms with Gasteiger partial charge in [0.2, 0.25) is 5.13 Å². The summed E-state index contributed by atoms with van der Waals surface area (Å²) in [6, 6.07) is 18.9. The number of likely N-dealkylation sites (tertiary alicyclic amines) is 1. The normalized spacial score (nSPS) is 19.4. The molecular weight excluding hydrogens is 406 g/mol. The number of thiazole rings is 1. The third-order valence-corrected chi connectivity index (χ3v) is 6.99. The molecule has 0 saturated carbocycles. The van der Waals surface area contributed by atoms with Crippen LogP contribution in [0.2, 0.25) is 0 Å². The predicted molar refractivity (Wildman–Crippen MR) is 126 cm³/mol. The molecule has 1 aliphatic rings. The van der Waals surface area contributed by atoms with Crippen LogP contribution >= 0.6 is 11.3 Å². The minimum Gasteiger partial charge on any atom is -0.331 e. The number of aromatic nitrogens is 3. The molecule has 2 N–H and O–H groups in total. The van der Waals surface area contributed by atoms with Crippen LogP contribution in [-0.2, 0) is 6.54 Å². The van der Waals surface area contributed by atoms with Crippen molar-refractivity contribution in [3.05, 3.63) is 81.8 Å². The van der Waals surface area contributed by atoms with E-state index < -0.39 is 0 Å². The Labute approximate surface area is 184 Å². The lowest BCUT2D eigenvalue weighted by Gasteiger charge is -2.27. The van der Waals surface area contributed by atoms with Crippen molar-refractivity contribution >= 4 is 27.8 Å². The summed E-state index contributed by atoms with van der Waals surface area (Å²) in [5.41, 5.74) is 3.64. The molecule has 2 aromatic heterocycles. The topological polar surface area (TPSA) is 67.5 Å². The molecule has 0 atom stereocenters. The third kappa shape index (κ3) is 4.24. The minimum atomic E-state index is -0.0903. The zero-order valence-corrected chi connectivity index (χ0v) is 18.4. The number of hydrogen-bond donors (Lipinski definition) is 2. The minimum absolute atomic E-state index is 0.0903. The Kier molecular flexibility index (Phi) is 5.53. The standard InChI is InChI=1S/C24H25N5OS/c1-17-20(23(30)29(27-17)24-26-21-9-5-6-10-22(21)31-24)15-25-19-11-13-28(14-12-19)16-18-7-3-2-4-8-18/h2-10,15,19,27H,11-14,16H2,1H3/p+1. The molecule has 2 aromatic carbocycles. The summed E-state index contributed by atoms with van der Waals surface area (Å²) in [6.45, 7) is 5.21. The van der Waals surface area contributed by atoms with Gasteiger partial charge in [-0.1, -0.05) is 53.8 Å². The van der Waals surface area contributed by atoms with E-state index in [1.807, 2.05) is 31.2 Å². The van der Waals surface area contributed by atoms with Crippen molar-refractivity contribution in [3.63, 3.8) is 0 Å². The SMILES string of the molecule is Cc1[nH]n(-c2nc3ccccc3s2)c(=O)c1C=NC1CC[NH+](Cc2ccccc2)CC1. The van der Waals surface area contributed by atoms with Gasteiger partial charge in [-0.25, -0.2) is 4.98 Å². The Hall–Kier alpha value is -3.03. The Balaban J connectivity index is 1.27. The van der Waals surface area contributed by atoms with E-state index >= 15 is 0 Å². The van der Waals surface area contributed by atoms with Crippen molar-refractivity contribution in [1.82, 2.24) is 14.8 Å². The van der Waals surface area contributed by atoms with Gasteiger partial charge in [0.1, 0.15) is 6.54 Å². The second-order valence-corrected chi connectivity index (χ2v) is 9.19. The number of aryl methyl sites for hydroxylation is 1. The van der Waals surface area contributed by atoms with Gasteiger partial charge < -0.3 is 4.90 Å². The number of rotatable bonds is 5. The fraction of sp³-hybridized carbons (Fsp3) is 0.292. The highest BCUT2D eigenvalue weighted by atomic mass is 32.1. The average molecular weight is 433 g/mol. The lowest BCUT2D eigenvalue weighted by Crippen LogP contribution is -3.12. The van der Waals surface area contributed by atoms with Gasteiger partial charge in [0.05, 0.1) is 34.9 Å². The summed E-state index contributed by atoms with van der Waals surface area (Å²) < 4.78 is 2.60. The Bertz CT molecular complexity index is 1230. The highest BCUT2D eigenvalue weighted by Gasteiger charge is 2.22. The monoisotopic (exact) mass is 432 g/mol. The van der Waals surface area contributed by atoms with Crippen LogP contribution in [0.5, 0.6) is 0 Å². The number of hydrogen-bond acceptors (Lipinski definition) is 4. The van der Waals surface area contributed by atoms with Gasteiger partial charge >= 0.3 is 0 Å². The van der Waals surface area contributed by atoms with Crippen LogP contribution < -0.4 is 10.5 Å². The highest BCUT2D eigenvalue weighted by molar-refractivity contribution is 7.20. The molecule has 1 fully saturated rings. The second kappa shape index (κ2) is 8.61. The van der Waals surface area contributed by atoms with Crippen molar-refractivity contribution < 1.29 is 4.90 Å². The quantitative estimate of drug-likeness (QED) is 0.476. The van der Waals surface area contributed by atoms with Crippen molar-refractivity contribution in [1.29, 1.82) is 0 Å². The first-order chi connectivity index (χ1) is 15.2. The molecule has 6 nitrogen and oxygen atoms in total. The number of piperidine rings is 1. The van der Waals surface area contributed by atoms with E-state index in [-0.39, 0.29) is 11.6 Å². The van der Waals surface area contributed by atoms with E-state index in [0.717, 1.165) is 48.4 Å². The fourth-order valence-electron chi connectivity index (χ4n) is 4.20. The molecule has 1 saturated heterocycles. The first kappa shape index (κ1) is 19.9. The predicted octanol–water partition coefficient (Wildman–Crippen LogP) is 2.75. The number of benzene rings is 2. The molecule has 0 bridgehead atoms. The van der Waals surface area contributed by atoms with Gasteiger partial charge in [-0.15, -0.1) is 0 Å². The molecule has 158 valence electrons. The van der Waals surface area contributed by atoms with Crippen molar-refractivity contribution in [2.75, 3.05) is 13.1 Å². The number of quaternary nitrogens is 1. The number of aliphatic imine (C=N–C) groups is 1. The van der Waals surface area contributed by atoms with Gasteiger partial charge in [-0.2, -0.15) is 4.68 Å². The van der Waals surface area contributed by atoms with Crippen LogP contribution in [0, 0.1) is 6.92 Å². The zero-order chi connectivity index (χ0) is 21.2. The van der Waals surface area contributed by atoms with Crippen LogP contribution in [0.1, 0.15) is 29.7 Å². The second-order valence-electron chi connectivity index (χ2n) is 8.18. The summed E-state index contributed by atoms with van der Waals surface area (Å²) in [7, 11) is 0. The third-order valence-electron chi connectivity index (χ3n) is 5.96. The fourth-order valence-corrected chi connectivity index (χ4v) is 5.13. The molecule has 3 heterocycles. The zero-order valence-electron chi connectivity index (χ0n) is 17.5. The Morgan fingerprint density at radius 1 is 1.16 bits per heavy atom. The molecule has 1 aliphatic heterocycles. The number of aromatic amines is 1. The number of nitrogens with one attached hydrogen (secondary N) is 2. The maximum absolute atomic E-state index is 13.0. The van der Waals surface area contributed by atoms with Crippen molar-refractivity contribution in [2.45, 2.75) is 32.4 Å². The molecule has 0 amide bonds. The Morgan fingerprint density at radius 3 is 2.68 bits per heavy atom. The largest absolute Gasteiger partial charge is 0.331 e. The summed E-state index contributed by atoms with van der Waals surface area (Å²) in [6.07, 6.45) is 3.87. The average Bonchev–Trinajstić information content (AvgIpc) is 3.34. The molecule has 4 aromatic rings. The smallest absolute Gasteiger partial charge is 0.282 e. The molecule has 0 radical (unpaired) electrons. The maximum atomic E-state index is 13.0. The van der Waals surface area contributed by atoms with E-state index in [2.05, 4.69) is 40.4 Å². The first-order valence-electron chi connectivity index (χ1n) is 10.8. The van der Waals surface area contributed by atoms with Gasteiger partial charge in [0, 0.05) is 30.3 Å². The van der Waals surface area contributed by atoms with Crippen LogP contribution in [0.15, 0.2) is 64.4 Å². The molecule has 0 unspecified atom stereocenters. The number of fused-ring (bicyclic) bond motifs is 1. The van der Waals surface area contributed by atoms with E-state index in [9.17, 15) is 4.79 Å². The number of para-hydroxylation sites is 1. The van der Waals surface area contributed by atoms with Crippen LogP contribution in [0.25, 0.3) is 15.3 Å². The van der Waals surface area contributed by atoms with Crippen LogP contribution in [0.4, 0.5) is 0 Å². The summed E-state index contributed by atoms with van der Waals surface area (Å²) in [4.78, 5) is 24.0. The van der Waals surface area contributed by atoms with Gasteiger partial charge in [-0.05, 0) is 19.1 Å².